The molecular weight excluding hydrogens is 359 g/mol. The monoisotopic (exact) mass is 367 g/mol. The van der Waals surface area contributed by atoms with E-state index in [1.165, 1.54) is 0 Å². The number of carbonyl (C=O) groups is 4. The first-order chi connectivity index (χ1) is 5.37. The summed E-state index contributed by atoms with van der Waals surface area (Å²) in [5.41, 5.74) is 0. The Morgan fingerprint density at radius 1 is 1.00 bits per heavy atom. The van der Waals surface area contributed by atoms with E-state index in [4.69, 9.17) is 5.11 Å². The molecule has 76 valence electrons. The fourth-order valence-electron chi connectivity index (χ4n) is 0.779. The third kappa shape index (κ3) is 4.08. The Morgan fingerprint density at radius 2 is 1.31 bits per heavy atom. The van der Waals surface area contributed by atoms with Gasteiger partial charge in [0.1, 0.15) is 17.5 Å². The maximum Gasteiger partial charge on any atom is 0.373 e. The first-order valence-electron chi connectivity index (χ1n) is 3.16. The van der Waals surface area contributed by atoms with Gasteiger partial charge >= 0.3 is 5.97 Å². The third-order valence-corrected chi connectivity index (χ3v) is 1.29. The van der Waals surface area contributed by atoms with Crippen LogP contribution in [0.1, 0.15) is 13.8 Å². The Bertz CT molecular complexity index is 244. The SMILES string of the molecule is CC(=O)C(C(C)=O)C(=O)C(=O)O.[Pt]. The van der Waals surface area contributed by atoms with Crippen molar-refractivity contribution in [1.82, 2.24) is 0 Å². The summed E-state index contributed by atoms with van der Waals surface area (Å²) in [5, 5.41) is 8.20. The number of hydrogen-bond donors (Lipinski definition) is 1. The number of aliphatic carboxylic acids is 1. The molecule has 0 aliphatic rings. The molecule has 0 aromatic rings. The molecule has 0 atom stereocenters. The molecular formula is C7H8O5Pt. The first kappa shape index (κ1) is 14.7. The van der Waals surface area contributed by atoms with E-state index in [1.54, 1.807) is 0 Å². The van der Waals surface area contributed by atoms with Crippen LogP contribution in [-0.2, 0) is 40.2 Å². The smallest absolute Gasteiger partial charge is 0.373 e. The Balaban J connectivity index is 0. The van der Waals surface area contributed by atoms with Crippen molar-refractivity contribution in [2.75, 3.05) is 0 Å². The molecule has 0 rings (SSSR count). The normalized spacial score (nSPS) is 8.85. The van der Waals surface area contributed by atoms with E-state index in [2.05, 4.69) is 0 Å². The van der Waals surface area contributed by atoms with Gasteiger partial charge in [0.2, 0.25) is 0 Å². The van der Waals surface area contributed by atoms with Crippen LogP contribution in [0.3, 0.4) is 0 Å². The Morgan fingerprint density at radius 3 is 1.38 bits per heavy atom. The third-order valence-electron chi connectivity index (χ3n) is 1.29. The van der Waals surface area contributed by atoms with Crippen molar-refractivity contribution >= 4 is 23.3 Å². The summed E-state index contributed by atoms with van der Waals surface area (Å²) in [7, 11) is 0. The Kier molecular flexibility index (Phi) is 6.50. The van der Waals surface area contributed by atoms with Crippen molar-refractivity contribution in [3.63, 3.8) is 0 Å². The fraction of sp³-hybridized carbons (Fsp3) is 0.429. The summed E-state index contributed by atoms with van der Waals surface area (Å²) < 4.78 is 0. The second kappa shape index (κ2) is 5.75. The van der Waals surface area contributed by atoms with Gasteiger partial charge in [-0.2, -0.15) is 0 Å². The first-order valence-corrected chi connectivity index (χ1v) is 3.16. The quantitative estimate of drug-likeness (QED) is 0.531. The van der Waals surface area contributed by atoms with Crippen LogP contribution in [0.2, 0.25) is 0 Å². The number of ketones is 3. The molecule has 0 saturated carbocycles. The molecule has 0 heterocycles. The second-order valence-corrected chi connectivity index (χ2v) is 2.32. The molecule has 13 heavy (non-hydrogen) atoms. The summed E-state index contributed by atoms with van der Waals surface area (Å²) >= 11 is 0. The zero-order valence-electron chi connectivity index (χ0n) is 6.97. The summed E-state index contributed by atoms with van der Waals surface area (Å²) in [6.07, 6.45) is 0. The zero-order chi connectivity index (χ0) is 9.89. The van der Waals surface area contributed by atoms with E-state index < -0.39 is 29.2 Å². The average Bonchev–Trinajstić information content (AvgIpc) is 1.85. The van der Waals surface area contributed by atoms with Gasteiger partial charge in [0.05, 0.1) is 0 Å². The molecule has 6 heteroatoms. The van der Waals surface area contributed by atoms with Crippen LogP contribution in [0.5, 0.6) is 0 Å². The van der Waals surface area contributed by atoms with Crippen LogP contribution >= 0.6 is 0 Å². The average molecular weight is 367 g/mol. The van der Waals surface area contributed by atoms with Crippen molar-refractivity contribution in [2.45, 2.75) is 13.8 Å². The van der Waals surface area contributed by atoms with E-state index in [-0.39, 0.29) is 21.1 Å². The molecule has 0 radical (unpaired) electrons. The summed E-state index contributed by atoms with van der Waals surface area (Å²) in [4.78, 5) is 42.0. The minimum Gasteiger partial charge on any atom is -0.475 e. The zero-order valence-corrected chi connectivity index (χ0v) is 9.25. The van der Waals surface area contributed by atoms with Crippen LogP contribution in [0.4, 0.5) is 0 Å². The number of carboxylic acids is 1. The minimum atomic E-state index is -1.76. The van der Waals surface area contributed by atoms with Gasteiger partial charge in [-0.3, -0.25) is 14.4 Å². The molecule has 0 spiro atoms. The van der Waals surface area contributed by atoms with E-state index >= 15 is 0 Å². The van der Waals surface area contributed by atoms with Crippen LogP contribution in [0.15, 0.2) is 0 Å². The molecule has 5 nitrogen and oxygen atoms in total. The van der Waals surface area contributed by atoms with Gasteiger partial charge in [0, 0.05) is 21.1 Å². The number of Topliss-reactive ketones (excluding diaryl/α,β-unsaturated/α-hetero) is 3. The van der Waals surface area contributed by atoms with E-state index in [0.29, 0.717) is 0 Å². The van der Waals surface area contributed by atoms with Gasteiger partial charge in [-0.15, -0.1) is 0 Å². The predicted octanol–water partition coefficient (Wildman–Crippen LogP) is -0.568. The molecule has 0 aromatic heterocycles. The van der Waals surface area contributed by atoms with Gasteiger partial charge in [0.15, 0.2) is 0 Å². The number of carbonyl (C=O) groups excluding carboxylic acids is 3. The molecule has 0 amide bonds. The molecule has 0 bridgehead atoms. The second-order valence-electron chi connectivity index (χ2n) is 2.32. The van der Waals surface area contributed by atoms with Gasteiger partial charge in [-0.25, -0.2) is 4.79 Å². The Hall–Kier alpha value is -0.832. The number of rotatable bonds is 4. The Labute approximate surface area is 88.8 Å². The maximum absolute atomic E-state index is 10.7. The standard InChI is InChI=1S/C7H8O5.Pt/c1-3(8)5(4(2)9)6(10)7(11)12;/h5H,1-2H3,(H,11,12);. The van der Waals surface area contributed by atoms with E-state index in [1.807, 2.05) is 0 Å². The molecule has 0 aliphatic carbocycles. The molecule has 0 unspecified atom stereocenters. The van der Waals surface area contributed by atoms with Gasteiger partial charge < -0.3 is 5.11 Å². The van der Waals surface area contributed by atoms with Crippen LogP contribution in [0.25, 0.3) is 0 Å². The van der Waals surface area contributed by atoms with Crippen LogP contribution in [-0.4, -0.2) is 28.4 Å². The molecule has 1 N–H and O–H groups in total. The van der Waals surface area contributed by atoms with Crippen molar-refractivity contribution in [1.29, 1.82) is 0 Å². The summed E-state index contributed by atoms with van der Waals surface area (Å²) in [5.74, 6) is -6.24. The van der Waals surface area contributed by atoms with Crippen LogP contribution < -0.4 is 0 Å². The van der Waals surface area contributed by atoms with E-state index in [0.717, 1.165) is 13.8 Å². The predicted molar refractivity (Wildman–Crippen MR) is 37.5 cm³/mol. The van der Waals surface area contributed by atoms with Gasteiger partial charge in [-0.1, -0.05) is 0 Å². The van der Waals surface area contributed by atoms with Crippen molar-refractivity contribution in [2.24, 2.45) is 5.92 Å². The van der Waals surface area contributed by atoms with Crippen molar-refractivity contribution in [3.8, 4) is 0 Å². The molecule has 0 aromatic carbocycles. The van der Waals surface area contributed by atoms with Crippen molar-refractivity contribution in [3.05, 3.63) is 0 Å². The van der Waals surface area contributed by atoms with E-state index in [9.17, 15) is 19.2 Å². The summed E-state index contributed by atoms with van der Waals surface area (Å²) in [6, 6.07) is 0. The van der Waals surface area contributed by atoms with Gasteiger partial charge in [-0.05, 0) is 13.8 Å². The summed E-state index contributed by atoms with van der Waals surface area (Å²) in [6.45, 7) is 2.01. The minimum absolute atomic E-state index is 0. The fourth-order valence-corrected chi connectivity index (χ4v) is 0.779. The maximum atomic E-state index is 10.7. The molecule has 0 saturated heterocycles. The largest absolute Gasteiger partial charge is 0.475 e. The van der Waals surface area contributed by atoms with Gasteiger partial charge in [0.25, 0.3) is 5.78 Å². The molecule has 0 aliphatic heterocycles. The van der Waals surface area contributed by atoms with Crippen molar-refractivity contribution < 1.29 is 45.3 Å². The van der Waals surface area contributed by atoms with Crippen LogP contribution in [0, 0.1) is 5.92 Å². The number of hydrogen-bond acceptors (Lipinski definition) is 4. The number of carboxylic acid groups (broad SMARTS) is 1. The molecule has 0 fully saturated rings. The topological polar surface area (TPSA) is 88.5 Å².